The minimum atomic E-state index is -3.52. The molecule has 2 aliphatic carbocycles. The monoisotopic (exact) mass is 678 g/mol. The van der Waals surface area contributed by atoms with E-state index < -0.39 is 38.1 Å². The Bertz CT molecular complexity index is 1590. The highest BCUT2D eigenvalue weighted by Gasteiger charge is 2.42. The van der Waals surface area contributed by atoms with Gasteiger partial charge in [0.2, 0.25) is 0 Å². The average molecular weight is 679 g/mol. The molecule has 13 heteroatoms. The molecule has 0 saturated carbocycles. The van der Waals surface area contributed by atoms with Gasteiger partial charge in [-0.3, -0.25) is 4.79 Å². The maximum Gasteiger partial charge on any atom is 0.354 e. The second-order valence-electron chi connectivity index (χ2n) is 15.5. The number of benzene rings is 1. The van der Waals surface area contributed by atoms with Crippen molar-refractivity contribution >= 4 is 55.3 Å². The minimum absolute atomic E-state index is 0.0133. The zero-order chi connectivity index (χ0) is 33.1. The van der Waals surface area contributed by atoms with Gasteiger partial charge in [-0.25, -0.2) is 18.4 Å². The van der Waals surface area contributed by atoms with Crippen LogP contribution >= 0.6 is 11.3 Å². The molecule has 0 bridgehead atoms. The molecule has 4 rings (SSSR count). The Labute approximate surface area is 269 Å². The van der Waals surface area contributed by atoms with E-state index in [4.69, 9.17) is 4.43 Å². The van der Waals surface area contributed by atoms with E-state index in [-0.39, 0.29) is 26.7 Å². The first-order valence-electron chi connectivity index (χ1n) is 15.4. The van der Waals surface area contributed by atoms with Crippen molar-refractivity contribution < 1.29 is 23.3 Å². The minimum Gasteiger partial charge on any atom is -0.413 e. The fraction of sp³-hybridized carbons (Fsp3) is 0.645. The maximum absolute atomic E-state index is 14.9. The van der Waals surface area contributed by atoms with Crippen LogP contribution in [0.15, 0.2) is 20.8 Å². The first-order valence-corrected chi connectivity index (χ1v) is 23.6. The van der Waals surface area contributed by atoms with E-state index in [2.05, 4.69) is 92.8 Å². The van der Waals surface area contributed by atoms with E-state index in [0.717, 1.165) is 47.3 Å². The number of aromatic nitrogens is 1. The quantitative estimate of drug-likeness (QED) is 0.247. The summed E-state index contributed by atoms with van der Waals surface area (Å²) in [7, 11) is -8.15. The maximum atomic E-state index is 14.9. The van der Waals surface area contributed by atoms with Crippen LogP contribution < -0.4 is 9.70 Å². The number of anilines is 1. The van der Waals surface area contributed by atoms with Crippen LogP contribution in [-0.4, -0.2) is 49.3 Å². The summed E-state index contributed by atoms with van der Waals surface area (Å²) in [6.07, 6.45) is 5.16. The third-order valence-electron chi connectivity index (χ3n) is 9.83. The van der Waals surface area contributed by atoms with Crippen molar-refractivity contribution in [3.8, 4) is 0 Å². The third-order valence-corrected chi connectivity index (χ3v) is 24.3. The molecule has 244 valence electrons. The van der Waals surface area contributed by atoms with Crippen LogP contribution in [0.5, 0.6) is 0 Å². The number of nitrogens with one attached hydrogen (secondary N) is 2. The van der Waals surface area contributed by atoms with Gasteiger partial charge in [-0.05, 0) is 72.5 Å². The summed E-state index contributed by atoms with van der Waals surface area (Å²) in [5.74, 6) is 0.0133. The molecule has 2 atom stereocenters. The third kappa shape index (κ3) is 6.98. The lowest BCUT2D eigenvalue weighted by molar-refractivity contribution is 0.00244. The predicted molar refractivity (Wildman–Crippen MR) is 184 cm³/mol. The molecule has 0 saturated heterocycles. The Kier molecular flexibility index (Phi) is 9.42. The van der Waals surface area contributed by atoms with Crippen LogP contribution in [0.4, 0.5) is 10.5 Å². The van der Waals surface area contributed by atoms with E-state index in [0.29, 0.717) is 29.1 Å². The number of hydrogen-bond acceptors (Lipinski definition) is 7. The standard InChI is InChI=1S/C31H50N4O5S2Si2/c1-29(2,3)43(8,9)35-42(39,24-18-32-27(41-24)31(7,38)19-40-44(10,11)30(4,5)6)34-28(37)33-26-22-14-12-13-20(22)17-21-15-16-23(36)25(21)26/h17-18,38H,12-16,19H2,1-11H3,(H2,33,34,35,37,39). The normalized spacial score (nSPS) is 18.4. The fourth-order valence-electron chi connectivity index (χ4n) is 4.93. The first kappa shape index (κ1) is 35.1. The summed E-state index contributed by atoms with van der Waals surface area (Å²) < 4.78 is 29.1. The molecular weight excluding hydrogens is 629 g/mol. The zero-order valence-corrected chi connectivity index (χ0v) is 31.8. The van der Waals surface area contributed by atoms with Crippen molar-refractivity contribution in [3.63, 3.8) is 0 Å². The second-order valence-corrected chi connectivity index (χ2v) is 28.9. The van der Waals surface area contributed by atoms with E-state index in [9.17, 15) is 18.9 Å². The van der Waals surface area contributed by atoms with Crippen LogP contribution in [-0.2, 0) is 39.2 Å². The Morgan fingerprint density at radius 1 is 1.05 bits per heavy atom. The van der Waals surface area contributed by atoms with Gasteiger partial charge in [0.25, 0.3) is 0 Å². The van der Waals surface area contributed by atoms with Gasteiger partial charge in [0, 0.05) is 12.0 Å². The van der Waals surface area contributed by atoms with Gasteiger partial charge in [-0.1, -0.05) is 60.7 Å². The molecular formula is C31H50N4O5S2Si2. The number of thiazole rings is 1. The number of nitrogens with zero attached hydrogens (tertiary/aromatic N) is 2. The number of Topliss-reactive ketones (excluding diaryl/α,β-unsaturated/α-hetero) is 1. The number of carbonyl (C=O) groups excluding carboxylic acids is 2. The number of aryl methyl sites for hydroxylation is 2. The molecule has 2 amide bonds. The molecule has 2 unspecified atom stereocenters. The topological polar surface area (TPSA) is 130 Å². The predicted octanol–water partition coefficient (Wildman–Crippen LogP) is 7.56. The molecule has 2 aromatic rings. The number of urea groups is 1. The Balaban J connectivity index is 1.73. The van der Waals surface area contributed by atoms with Gasteiger partial charge in [-0.2, -0.15) is 0 Å². The number of fused-ring (bicyclic) bond motifs is 2. The molecule has 0 spiro atoms. The summed E-state index contributed by atoms with van der Waals surface area (Å²) in [6, 6.07) is 1.34. The molecule has 3 N–H and O–H groups in total. The highest BCUT2D eigenvalue weighted by Crippen LogP contribution is 2.41. The van der Waals surface area contributed by atoms with Gasteiger partial charge in [0.15, 0.2) is 24.0 Å². The summed E-state index contributed by atoms with van der Waals surface area (Å²) in [4.78, 5) is 31.0. The summed E-state index contributed by atoms with van der Waals surface area (Å²) >= 11 is 1.08. The van der Waals surface area contributed by atoms with Crippen molar-refractivity contribution in [2.24, 2.45) is 4.36 Å². The van der Waals surface area contributed by atoms with E-state index >= 15 is 0 Å². The van der Waals surface area contributed by atoms with Crippen molar-refractivity contribution in [2.45, 2.75) is 127 Å². The average Bonchev–Trinajstić information content (AvgIpc) is 3.61. The molecule has 9 nitrogen and oxygen atoms in total. The lowest BCUT2D eigenvalue weighted by atomic mass is 9.98. The zero-order valence-electron chi connectivity index (χ0n) is 28.2. The molecule has 44 heavy (non-hydrogen) atoms. The molecule has 2 aliphatic rings. The van der Waals surface area contributed by atoms with Gasteiger partial charge in [-0.15, -0.1) is 15.7 Å². The van der Waals surface area contributed by atoms with Crippen LogP contribution in [0.25, 0.3) is 0 Å². The molecule has 0 fully saturated rings. The summed E-state index contributed by atoms with van der Waals surface area (Å²) in [5.41, 5.74) is 2.75. The molecule has 0 aliphatic heterocycles. The van der Waals surface area contributed by atoms with Crippen molar-refractivity contribution in [2.75, 3.05) is 11.9 Å². The first-order chi connectivity index (χ1) is 20.0. The summed E-state index contributed by atoms with van der Waals surface area (Å²) in [6.45, 7) is 22.7. The number of carbonyl (C=O) groups is 2. The number of amides is 2. The molecule has 1 aromatic heterocycles. The van der Waals surface area contributed by atoms with E-state index in [1.165, 1.54) is 6.20 Å². The number of hydrogen-bond donors (Lipinski definition) is 3. The molecule has 1 aromatic carbocycles. The SMILES string of the molecule is CC(O)(CO[Si](C)(C)C(C)(C)C)c1ncc(S(=O)(=NC(=O)Nc2c3c(cc4c2C(=O)CC4)CCC3)N[Si](C)(C)C(C)(C)C)s1. The largest absolute Gasteiger partial charge is 0.413 e. The van der Waals surface area contributed by atoms with Crippen LogP contribution in [0.1, 0.15) is 93.4 Å². The van der Waals surface area contributed by atoms with Gasteiger partial charge < -0.3 is 14.8 Å². The van der Waals surface area contributed by atoms with Crippen LogP contribution in [0, 0.1) is 0 Å². The number of ketones is 1. The van der Waals surface area contributed by atoms with Gasteiger partial charge in [0.1, 0.15) is 23.1 Å². The fourth-order valence-corrected chi connectivity index (χ4v) is 13.0. The van der Waals surface area contributed by atoms with Gasteiger partial charge in [0.05, 0.1) is 18.5 Å². The van der Waals surface area contributed by atoms with Crippen molar-refractivity contribution in [3.05, 3.63) is 39.5 Å². The number of rotatable bonds is 8. The van der Waals surface area contributed by atoms with E-state index in [1.807, 2.05) is 0 Å². The van der Waals surface area contributed by atoms with Crippen molar-refractivity contribution in [1.82, 2.24) is 9.37 Å². The smallest absolute Gasteiger partial charge is 0.354 e. The molecule has 1 heterocycles. The van der Waals surface area contributed by atoms with E-state index in [1.54, 1.807) is 6.92 Å². The Hall–Kier alpha value is -1.75. The number of aliphatic hydroxyl groups is 1. The highest BCUT2D eigenvalue weighted by molar-refractivity contribution is 7.95. The van der Waals surface area contributed by atoms with Crippen molar-refractivity contribution in [1.29, 1.82) is 0 Å². The lowest BCUT2D eigenvalue weighted by Gasteiger charge is -2.38. The summed E-state index contributed by atoms with van der Waals surface area (Å²) in [5, 5.41) is 14.4. The van der Waals surface area contributed by atoms with Gasteiger partial charge >= 0.3 is 6.03 Å². The molecule has 0 radical (unpaired) electrons. The Morgan fingerprint density at radius 3 is 2.32 bits per heavy atom. The van der Waals surface area contributed by atoms with Crippen LogP contribution in [0.2, 0.25) is 36.3 Å². The van der Waals surface area contributed by atoms with Crippen LogP contribution in [0.3, 0.4) is 0 Å². The highest BCUT2D eigenvalue weighted by atomic mass is 32.2. The Morgan fingerprint density at radius 2 is 1.70 bits per heavy atom. The second kappa shape index (κ2) is 11.8. The lowest BCUT2D eigenvalue weighted by Crippen LogP contribution is -2.54.